The lowest BCUT2D eigenvalue weighted by Crippen LogP contribution is -2.50. The van der Waals surface area contributed by atoms with E-state index in [-0.39, 0.29) is 23.2 Å². The van der Waals surface area contributed by atoms with Gasteiger partial charge < -0.3 is 14.5 Å². The molecule has 0 spiro atoms. The van der Waals surface area contributed by atoms with Crippen molar-refractivity contribution in [2.45, 2.75) is 11.8 Å². The summed E-state index contributed by atoms with van der Waals surface area (Å²) in [5.74, 6) is -0.00227. The number of hydrogen-bond donors (Lipinski definition) is 1. The molecule has 34 heavy (non-hydrogen) atoms. The number of amides is 1. The van der Waals surface area contributed by atoms with Crippen LogP contribution in [0.15, 0.2) is 77.7 Å². The number of para-hydroxylation sites is 2. The number of aryl methyl sites for hydroxylation is 1. The first-order chi connectivity index (χ1) is 16.3. The molecule has 4 rings (SSSR count). The zero-order valence-electron chi connectivity index (χ0n) is 18.8. The molecular formula is C25H26FN3O4S. The Kier molecular flexibility index (Phi) is 7.02. The fraction of sp³-hybridized carbons (Fsp3) is 0.240. The second-order valence-electron chi connectivity index (χ2n) is 8.01. The van der Waals surface area contributed by atoms with E-state index in [2.05, 4.69) is 4.72 Å². The van der Waals surface area contributed by atoms with Crippen molar-refractivity contribution >= 4 is 27.3 Å². The minimum atomic E-state index is -3.74. The number of benzene rings is 3. The van der Waals surface area contributed by atoms with Gasteiger partial charge in [-0.2, -0.15) is 0 Å². The van der Waals surface area contributed by atoms with E-state index in [1.54, 1.807) is 66.4 Å². The average molecular weight is 484 g/mol. The summed E-state index contributed by atoms with van der Waals surface area (Å²) in [7, 11) is -3.74. The molecule has 1 aliphatic heterocycles. The third kappa shape index (κ3) is 5.48. The molecule has 9 heteroatoms. The van der Waals surface area contributed by atoms with Crippen LogP contribution in [0, 0.1) is 12.7 Å². The van der Waals surface area contributed by atoms with Crippen molar-refractivity contribution in [1.29, 1.82) is 0 Å². The van der Waals surface area contributed by atoms with Gasteiger partial charge in [-0.1, -0.05) is 30.3 Å². The molecule has 0 radical (unpaired) electrons. The van der Waals surface area contributed by atoms with Crippen LogP contribution in [0.3, 0.4) is 0 Å². The minimum Gasteiger partial charge on any atom is -0.483 e. The molecular weight excluding hydrogens is 457 g/mol. The highest BCUT2D eigenvalue weighted by Crippen LogP contribution is 2.24. The molecule has 7 nitrogen and oxygen atoms in total. The van der Waals surface area contributed by atoms with Crippen molar-refractivity contribution in [2.75, 3.05) is 42.4 Å². The number of nitrogens with zero attached hydrogens (tertiary/aromatic N) is 2. The van der Waals surface area contributed by atoms with Crippen LogP contribution in [0.4, 0.5) is 15.8 Å². The Hall–Kier alpha value is -3.59. The van der Waals surface area contributed by atoms with Crippen LogP contribution in [-0.4, -0.2) is 52.0 Å². The third-order valence-electron chi connectivity index (χ3n) is 5.66. The smallest absolute Gasteiger partial charge is 0.261 e. The van der Waals surface area contributed by atoms with Gasteiger partial charge in [-0.25, -0.2) is 12.8 Å². The molecule has 1 heterocycles. The highest BCUT2D eigenvalue weighted by Gasteiger charge is 2.23. The first-order valence-electron chi connectivity index (χ1n) is 10.9. The normalized spacial score (nSPS) is 14.1. The zero-order valence-corrected chi connectivity index (χ0v) is 19.6. The van der Waals surface area contributed by atoms with Crippen LogP contribution in [0.5, 0.6) is 5.75 Å². The first-order valence-corrected chi connectivity index (χ1v) is 12.4. The Morgan fingerprint density at radius 2 is 1.65 bits per heavy atom. The van der Waals surface area contributed by atoms with Gasteiger partial charge in [-0.15, -0.1) is 0 Å². The van der Waals surface area contributed by atoms with Gasteiger partial charge in [0.1, 0.15) is 11.6 Å². The highest BCUT2D eigenvalue weighted by molar-refractivity contribution is 7.92. The minimum absolute atomic E-state index is 0.108. The maximum Gasteiger partial charge on any atom is 0.261 e. The number of ether oxygens (including phenoxy) is 1. The molecule has 3 aromatic carbocycles. The molecule has 1 amide bonds. The van der Waals surface area contributed by atoms with E-state index >= 15 is 0 Å². The topological polar surface area (TPSA) is 78.9 Å². The summed E-state index contributed by atoms with van der Waals surface area (Å²) in [4.78, 5) is 16.3. The Balaban J connectivity index is 1.32. The number of piperazine rings is 1. The van der Waals surface area contributed by atoms with Crippen LogP contribution < -0.4 is 14.4 Å². The Morgan fingerprint density at radius 1 is 0.971 bits per heavy atom. The number of nitrogens with one attached hydrogen (secondary N) is 1. The van der Waals surface area contributed by atoms with Crippen LogP contribution >= 0.6 is 0 Å². The highest BCUT2D eigenvalue weighted by atomic mass is 32.2. The molecule has 0 bridgehead atoms. The van der Waals surface area contributed by atoms with Gasteiger partial charge >= 0.3 is 0 Å². The lowest BCUT2D eigenvalue weighted by Gasteiger charge is -2.36. The largest absolute Gasteiger partial charge is 0.483 e. The number of anilines is 2. The number of sulfonamides is 1. The van der Waals surface area contributed by atoms with Crippen molar-refractivity contribution < 1.29 is 22.3 Å². The van der Waals surface area contributed by atoms with E-state index in [0.717, 1.165) is 0 Å². The number of halogens is 1. The molecule has 3 aromatic rings. The van der Waals surface area contributed by atoms with Gasteiger partial charge in [0.25, 0.3) is 15.9 Å². The van der Waals surface area contributed by atoms with Crippen LogP contribution in [0.1, 0.15) is 5.56 Å². The molecule has 1 saturated heterocycles. The predicted octanol–water partition coefficient (Wildman–Crippen LogP) is 3.66. The second kappa shape index (κ2) is 10.1. The Morgan fingerprint density at radius 3 is 2.32 bits per heavy atom. The van der Waals surface area contributed by atoms with E-state index in [1.807, 2.05) is 4.90 Å². The van der Waals surface area contributed by atoms with Gasteiger partial charge in [-0.3, -0.25) is 9.52 Å². The van der Waals surface area contributed by atoms with Gasteiger partial charge in [-0.05, 0) is 55.0 Å². The molecule has 0 aromatic heterocycles. The van der Waals surface area contributed by atoms with Gasteiger partial charge in [0.15, 0.2) is 6.61 Å². The molecule has 178 valence electrons. The summed E-state index contributed by atoms with van der Waals surface area (Å²) < 4.78 is 47.5. The van der Waals surface area contributed by atoms with Crippen molar-refractivity contribution in [3.05, 3.63) is 84.2 Å². The van der Waals surface area contributed by atoms with Crippen LogP contribution in [0.2, 0.25) is 0 Å². The van der Waals surface area contributed by atoms with E-state index in [9.17, 15) is 17.6 Å². The van der Waals surface area contributed by atoms with E-state index < -0.39 is 10.0 Å². The lowest BCUT2D eigenvalue weighted by atomic mass is 10.2. The SMILES string of the molecule is Cc1cc(S(=O)(=O)Nc2ccccc2)ccc1OCC(=O)N1CCN(c2ccccc2F)CC1. The number of carbonyl (C=O) groups excluding carboxylic acids is 1. The quantitative estimate of drug-likeness (QED) is 0.555. The second-order valence-corrected chi connectivity index (χ2v) is 9.69. The number of carbonyl (C=O) groups is 1. The van der Waals surface area contributed by atoms with Crippen molar-refractivity contribution in [2.24, 2.45) is 0 Å². The number of rotatable bonds is 7. The van der Waals surface area contributed by atoms with Crippen LogP contribution in [-0.2, 0) is 14.8 Å². The molecule has 1 fully saturated rings. The summed E-state index contributed by atoms with van der Waals surface area (Å²) >= 11 is 0. The molecule has 0 aliphatic carbocycles. The van der Waals surface area contributed by atoms with E-state index in [4.69, 9.17) is 4.74 Å². The zero-order chi connectivity index (χ0) is 24.1. The maximum atomic E-state index is 14.0. The third-order valence-corrected chi connectivity index (χ3v) is 7.04. The van der Waals surface area contributed by atoms with Crippen molar-refractivity contribution in [3.8, 4) is 5.75 Å². The van der Waals surface area contributed by atoms with E-state index in [0.29, 0.717) is 48.9 Å². The maximum absolute atomic E-state index is 14.0. The standard InChI is InChI=1S/C25H26FN3O4S/c1-19-17-21(34(31,32)27-20-7-3-2-4-8-20)11-12-24(19)33-18-25(30)29-15-13-28(14-16-29)23-10-6-5-9-22(23)26/h2-12,17,27H,13-16,18H2,1H3. The number of hydrogen-bond acceptors (Lipinski definition) is 5. The molecule has 0 atom stereocenters. The molecule has 1 N–H and O–H groups in total. The lowest BCUT2D eigenvalue weighted by molar-refractivity contribution is -0.133. The Bertz CT molecular complexity index is 1260. The summed E-state index contributed by atoms with van der Waals surface area (Å²) in [5.41, 5.74) is 1.62. The average Bonchev–Trinajstić information content (AvgIpc) is 2.84. The molecule has 0 unspecified atom stereocenters. The van der Waals surface area contributed by atoms with Crippen LogP contribution in [0.25, 0.3) is 0 Å². The first kappa shape index (κ1) is 23.6. The van der Waals surface area contributed by atoms with E-state index in [1.165, 1.54) is 18.2 Å². The van der Waals surface area contributed by atoms with Gasteiger partial charge in [0.2, 0.25) is 0 Å². The summed E-state index contributed by atoms with van der Waals surface area (Å²) in [6.07, 6.45) is 0. The van der Waals surface area contributed by atoms with Gasteiger partial charge in [0, 0.05) is 31.9 Å². The molecule has 0 saturated carbocycles. The monoisotopic (exact) mass is 483 g/mol. The summed E-state index contributed by atoms with van der Waals surface area (Å²) in [6.45, 7) is 3.58. The predicted molar refractivity (Wildman–Crippen MR) is 129 cm³/mol. The fourth-order valence-corrected chi connectivity index (χ4v) is 4.95. The Labute approximate surface area is 198 Å². The summed E-state index contributed by atoms with van der Waals surface area (Å²) in [6, 6.07) is 19.8. The van der Waals surface area contributed by atoms with Crippen molar-refractivity contribution in [1.82, 2.24) is 4.90 Å². The fourth-order valence-electron chi connectivity index (χ4n) is 3.81. The van der Waals surface area contributed by atoms with Gasteiger partial charge in [0.05, 0.1) is 10.6 Å². The van der Waals surface area contributed by atoms with Crippen molar-refractivity contribution in [3.63, 3.8) is 0 Å². The summed E-state index contributed by atoms with van der Waals surface area (Å²) in [5, 5.41) is 0. The molecule has 1 aliphatic rings.